The predicted octanol–water partition coefficient (Wildman–Crippen LogP) is 2.69. The standard InChI is InChI=1S/C14H30N2O/c1-10(2)9-13(5)16-14(17)11(3)7-6-8-12(4)15/h10-13H,6-9,15H2,1-5H3,(H,16,17). The monoisotopic (exact) mass is 242 g/mol. The number of carbonyl (C=O) groups is 1. The fraction of sp³-hybridized carbons (Fsp3) is 0.929. The Bertz CT molecular complexity index is 214. The molecule has 0 rings (SSSR count). The molecule has 0 aliphatic carbocycles. The van der Waals surface area contributed by atoms with E-state index in [4.69, 9.17) is 5.73 Å². The molecule has 3 N–H and O–H groups in total. The first-order valence-corrected chi connectivity index (χ1v) is 6.88. The zero-order valence-electron chi connectivity index (χ0n) is 12.1. The van der Waals surface area contributed by atoms with E-state index in [1.54, 1.807) is 0 Å². The maximum absolute atomic E-state index is 11.9. The number of amides is 1. The van der Waals surface area contributed by atoms with Gasteiger partial charge in [-0.1, -0.05) is 27.2 Å². The molecule has 102 valence electrons. The molecule has 0 aromatic rings. The summed E-state index contributed by atoms with van der Waals surface area (Å²) in [6, 6.07) is 0.517. The largest absolute Gasteiger partial charge is 0.353 e. The molecule has 0 heterocycles. The third-order valence-corrected chi connectivity index (χ3v) is 2.96. The minimum absolute atomic E-state index is 0.100. The van der Waals surface area contributed by atoms with Crippen molar-refractivity contribution in [3.05, 3.63) is 0 Å². The van der Waals surface area contributed by atoms with Gasteiger partial charge in [0.25, 0.3) is 0 Å². The van der Waals surface area contributed by atoms with Gasteiger partial charge in [0.15, 0.2) is 0 Å². The van der Waals surface area contributed by atoms with Gasteiger partial charge in [-0.2, -0.15) is 0 Å². The summed E-state index contributed by atoms with van der Waals surface area (Å²) in [7, 11) is 0. The number of hydrogen-bond acceptors (Lipinski definition) is 2. The van der Waals surface area contributed by atoms with Gasteiger partial charge < -0.3 is 11.1 Å². The van der Waals surface area contributed by atoms with Gasteiger partial charge in [0.2, 0.25) is 5.91 Å². The lowest BCUT2D eigenvalue weighted by Crippen LogP contribution is -2.37. The Balaban J connectivity index is 3.81. The summed E-state index contributed by atoms with van der Waals surface area (Å²) in [5.41, 5.74) is 5.69. The highest BCUT2D eigenvalue weighted by atomic mass is 16.1. The van der Waals surface area contributed by atoms with Crippen LogP contribution in [0.5, 0.6) is 0 Å². The molecular formula is C14H30N2O. The van der Waals surface area contributed by atoms with Gasteiger partial charge in [-0.05, 0) is 39.0 Å². The Hall–Kier alpha value is -0.570. The maximum atomic E-state index is 11.9. The second-order valence-electron chi connectivity index (χ2n) is 5.85. The van der Waals surface area contributed by atoms with E-state index >= 15 is 0 Å². The zero-order chi connectivity index (χ0) is 13.4. The van der Waals surface area contributed by atoms with Gasteiger partial charge in [-0.25, -0.2) is 0 Å². The zero-order valence-corrected chi connectivity index (χ0v) is 12.1. The lowest BCUT2D eigenvalue weighted by atomic mass is 10.00. The summed E-state index contributed by atoms with van der Waals surface area (Å²) in [5.74, 6) is 0.907. The molecule has 3 atom stereocenters. The predicted molar refractivity (Wildman–Crippen MR) is 73.7 cm³/mol. The summed E-state index contributed by atoms with van der Waals surface area (Å²) in [4.78, 5) is 11.9. The molecule has 1 amide bonds. The Morgan fingerprint density at radius 2 is 1.71 bits per heavy atom. The van der Waals surface area contributed by atoms with Crippen LogP contribution in [0.4, 0.5) is 0 Å². The fourth-order valence-corrected chi connectivity index (χ4v) is 2.03. The molecule has 0 spiro atoms. The molecule has 0 fully saturated rings. The summed E-state index contributed by atoms with van der Waals surface area (Å²) in [6.45, 7) is 10.4. The summed E-state index contributed by atoms with van der Waals surface area (Å²) >= 11 is 0. The van der Waals surface area contributed by atoms with Gasteiger partial charge >= 0.3 is 0 Å². The topological polar surface area (TPSA) is 55.1 Å². The Morgan fingerprint density at radius 1 is 1.12 bits per heavy atom. The molecule has 3 nitrogen and oxygen atoms in total. The van der Waals surface area contributed by atoms with Crippen LogP contribution in [-0.4, -0.2) is 18.0 Å². The Labute approximate surface area is 107 Å². The van der Waals surface area contributed by atoms with E-state index in [0.717, 1.165) is 25.7 Å². The van der Waals surface area contributed by atoms with Crippen LogP contribution in [0.15, 0.2) is 0 Å². The average molecular weight is 242 g/mol. The van der Waals surface area contributed by atoms with Crippen molar-refractivity contribution in [1.29, 1.82) is 0 Å². The van der Waals surface area contributed by atoms with Crippen LogP contribution in [0, 0.1) is 11.8 Å². The van der Waals surface area contributed by atoms with E-state index in [1.165, 1.54) is 0 Å². The van der Waals surface area contributed by atoms with Crippen LogP contribution in [0.2, 0.25) is 0 Å². The first kappa shape index (κ1) is 16.4. The van der Waals surface area contributed by atoms with Gasteiger partial charge in [-0.3, -0.25) is 4.79 Å². The minimum Gasteiger partial charge on any atom is -0.353 e. The van der Waals surface area contributed by atoms with Crippen molar-refractivity contribution in [1.82, 2.24) is 5.32 Å². The van der Waals surface area contributed by atoms with Gasteiger partial charge in [0, 0.05) is 18.0 Å². The van der Waals surface area contributed by atoms with E-state index in [2.05, 4.69) is 26.1 Å². The van der Waals surface area contributed by atoms with Crippen molar-refractivity contribution in [3.8, 4) is 0 Å². The highest BCUT2D eigenvalue weighted by Crippen LogP contribution is 2.10. The molecule has 0 aliphatic rings. The smallest absolute Gasteiger partial charge is 0.223 e. The molecule has 3 unspecified atom stereocenters. The Morgan fingerprint density at radius 3 is 2.18 bits per heavy atom. The summed E-state index contributed by atoms with van der Waals surface area (Å²) in [6.07, 6.45) is 4.00. The van der Waals surface area contributed by atoms with Crippen LogP contribution in [0.3, 0.4) is 0 Å². The molecule has 3 heteroatoms. The molecule has 0 aromatic carbocycles. The number of carbonyl (C=O) groups excluding carboxylic acids is 1. The van der Waals surface area contributed by atoms with E-state index in [0.29, 0.717) is 5.92 Å². The van der Waals surface area contributed by atoms with Gasteiger partial charge in [0.05, 0.1) is 0 Å². The van der Waals surface area contributed by atoms with Crippen molar-refractivity contribution in [2.45, 2.75) is 72.4 Å². The second kappa shape index (κ2) is 8.51. The van der Waals surface area contributed by atoms with Crippen molar-refractivity contribution < 1.29 is 4.79 Å². The van der Waals surface area contributed by atoms with Crippen LogP contribution >= 0.6 is 0 Å². The first-order valence-electron chi connectivity index (χ1n) is 6.88. The lowest BCUT2D eigenvalue weighted by Gasteiger charge is -2.19. The molecule has 0 aromatic heterocycles. The first-order chi connectivity index (χ1) is 7.82. The van der Waals surface area contributed by atoms with Crippen molar-refractivity contribution in [2.24, 2.45) is 17.6 Å². The third kappa shape index (κ3) is 9.16. The maximum Gasteiger partial charge on any atom is 0.223 e. The number of nitrogens with one attached hydrogen (secondary N) is 1. The fourth-order valence-electron chi connectivity index (χ4n) is 2.03. The van der Waals surface area contributed by atoms with Crippen LogP contribution in [0.1, 0.15) is 60.3 Å². The molecule has 0 saturated carbocycles. The molecule has 0 radical (unpaired) electrons. The average Bonchev–Trinajstić information content (AvgIpc) is 2.15. The van der Waals surface area contributed by atoms with Crippen LogP contribution in [-0.2, 0) is 4.79 Å². The second-order valence-corrected chi connectivity index (χ2v) is 5.85. The number of rotatable bonds is 8. The van der Waals surface area contributed by atoms with Gasteiger partial charge in [-0.15, -0.1) is 0 Å². The summed E-state index contributed by atoms with van der Waals surface area (Å²) in [5, 5.41) is 3.08. The van der Waals surface area contributed by atoms with Crippen LogP contribution < -0.4 is 11.1 Å². The lowest BCUT2D eigenvalue weighted by molar-refractivity contribution is -0.125. The number of hydrogen-bond donors (Lipinski definition) is 2. The molecule has 0 bridgehead atoms. The van der Waals surface area contributed by atoms with Crippen LogP contribution in [0.25, 0.3) is 0 Å². The highest BCUT2D eigenvalue weighted by molar-refractivity contribution is 5.78. The van der Waals surface area contributed by atoms with E-state index < -0.39 is 0 Å². The SMILES string of the molecule is CC(C)CC(C)NC(=O)C(C)CCCC(C)N. The highest BCUT2D eigenvalue weighted by Gasteiger charge is 2.15. The summed E-state index contributed by atoms with van der Waals surface area (Å²) < 4.78 is 0. The minimum atomic E-state index is 0.100. The van der Waals surface area contributed by atoms with Crippen molar-refractivity contribution in [2.75, 3.05) is 0 Å². The van der Waals surface area contributed by atoms with Crippen molar-refractivity contribution in [3.63, 3.8) is 0 Å². The quantitative estimate of drug-likeness (QED) is 0.687. The molecule has 0 aliphatic heterocycles. The Kier molecular flexibility index (Phi) is 8.23. The van der Waals surface area contributed by atoms with E-state index in [-0.39, 0.29) is 23.9 Å². The van der Waals surface area contributed by atoms with E-state index in [1.807, 2.05) is 13.8 Å². The normalized spacial score (nSPS) is 16.6. The van der Waals surface area contributed by atoms with Crippen molar-refractivity contribution >= 4 is 5.91 Å². The third-order valence-electron chi connectivity index (χ3n) is 2.96. The molecule has 17 heavy (non-hydrogen) atoms. The molecule has 0 saturated heterocycles. The van der Waals surface area contributed by atoms with Gasteiger partial charge in [0.1, 0.15) is 0 Å². The number of nitrogens with two attached hydrogens (primary N) is 1. The molecular weight excluding hydrogens is 212 g/mol. The van der Waals surface area contributed by atoms with E-state index in [9.17, 15) is 4.79 Å².